The first-order chi connectivity index (χ1) is 5.11. The second kappa shape index (κ2) is 2.91. The third-order valence-corrected chi connectivity index (χ3v) is 2.01. The van der Waals surface area contributed by atoms with Crippen molar-refractivity contribution in [3.63, 3.8) is 0 Å². The highest BCUT2D eigenvalue weighted by atomic mass is 32.2. The van der Waals surface area contributed by atoms with E-state index in [-0.39, 0.29) is 5.75 Å². The molecule has 11 heavy (non-hydrogen) atoms. The summed E-state index contributed by atoms with van der Waals surface area (Å²) in [4.78, 5) is 31.3. The van der Waals surface area contributed by atoms with Gasteiger partial charge < -0.3 is 9.84 Å². The number of hydrogen-bond acceptors (Lipinski definition) is 5. The van der Waals surface area contributed by atoms with Gasteiger partial charge in [0.25, 0.3) is 0 Å². The fourth-order valence-corrected chi connectivity index (χ4v) is 1.41. The molecule has 1 N–H and O–H groups in total. The van der Waals surface area contributed by atoms with Gasteiger partial charge >= 0.3 is 6.16 Å². The van der Waals surface area contributed by atoms with Gasteiger partial charge in [-0.3, -0.25) is 9.59 Å². The number of carboxylic acid groups (broad SMARTS) is 1. The van der Waals surface area contributed by atoms with Crippen molar-refractivity contribution in [3.05, 3.63) is 0 Å². The largest absolute Gasteiger partial charge is 0.506 e. The van der Waals surface area contributed by atoms with Crippen molar-refractivity contribution in [3.8, 4) is 0 Å². The molecular formula is C5H4O5S. The molecule has 1 heterocycles. The molecule has 5 nitrogen and oxygen atoms in total. The summed E-state index contributed by atoms with van der Waals surface area (Å²) in [6.07, 6.45) is -2.99. The number of carbonyl (C=O) groups excluding carboxylic acids is 2. The van der Waals surface area contributed by atoms with Crippen LogP contribution in [0.3, 0.4) is 0 Å². The molecule has 0 spiro atoms. The van der Waals surface area contributed by atoms with Gasteiger partial charge in [0.05, 0.1) is 5.75 Å². The number of ether oxygens (including phenoxy) is 1. The van der Waals surface area contributed by atoms with E-state index in [0.717, 1.165) is 11.8 Å². The number of thioether (sulfide) groups is 1. The van der Waals surface area contributed by atoms with E-state index in [9.17, 15) is 14.4 Å². The first-order valence-electron chi connectivity index (χ1n) is 2.70. The van der Waals surface area contributed by atoms with Gasteiger partial charge in [0.1, 0.15) is 0 Å². The van der Waals surface area contributed by atoms with Gasteiger partial charge in [-0.25, -0.2) is 4.79 Å². The Balaban J connectivity index is 2.62. The van der Waals surface area contributed by atoms with Crippen LogP contribution in [0.5, 0.6) is 0 Å². The summed E-state index contributed by atoms with van der Waals surface area (Å²) < 4.78 is 4.03. The minimum absolute atomic E-state index is 0.0107. The highest BCUT2D eigenvalue weighted by molar-refractivity contribution is 8.15. The van der Waals surface area contributed by atoms with E-state index in [1.54, 1.807) is 0 Å². The van der Waals surface area contributed by atoms with Gasteiger partial charge in [0, 0.05) is 0 Å². The van der Waals surface area contributed by atoms with Gasteiger partial charge in [-0.05, 0) is 0 Å². The highest BCUT2D eigenvalue weighted by Crippen LogP contribution is 2.19. The number of hydrogen-bond donors (Lipinski definition) is 1. The zero-order chi connectivity index (χ0) is 8.43. The summed E-state index contributed by atoms with van der Waals surface area (Å²) in [5.74, 6) is -0.473. The van der Waals surface area contributed by atoms with Crippen LogP contribution in [0.1, 0.15) is 0 Å². The fraction of sp³-hybridized carbons (Fsp3) is 0.400. The van der Waals surface area contributed by atoms with Crippen molar-refractivity contribution in [2.45, 2.75) is 6.10 Å². The lowest BCUT2D eigenvalue weighted by Gasteiger charge is -2.02. The molecule has 0 amide bonds. The van der Waals surface area contributed by atoms with Crippen molar-refractivity contribution in [1.29, 1.82) is 0 Å². The van der Waals surface area contributed by atoms with Gasteiger partial charge in [-0.15, -0.1) is 0 Å². The van der Waals surface area contributed by atoms with Gasteiger partial charge in [-0.1, -0.05) is 11.8 Å². The van der Waals surface area contributed by atoms with Crippen LogP contribution in [0.25, 0.3) is 0 Å². The normalized spacial score (nSPS) is 23.8. The second-order valence-electron chi connectivity index (χ2n) is 1.84. The molecule has 0 aromatic rings. The van der Waals surface area contributed by atoms with Gasteiger partial charge in [0.15, 0.2) is 5.78 Å². The average Bonchev–Trinajstić information content (AvgIpc) is 2.18. The molecule has 1 aliphatic rings. The minimum atomic E-state index is -1.60. The van der Waals surface area contributed by atoms with E-state index in [0.29, 0.717) is 0 Å². The maximum absolute atomic E-state index is 10.7. The number of carbonyl (C=O) groups is 3. The monoisotopic (exact) mass is 176 g/mol. The van der Waals surface area contributed by atoms with E-state index in [2.05, 4.69) is 4.74 Å². The Morgan fingerprint density at radius 1 is 1.64 bits per heavy atom. The predicted molar refractivity (Wildman–Crippen MR) is 35.4 cm³/mol. The Hall–Kier alpha value is -1.04. The number of ketones is 1. The Bertz CT molecular complexity index is 207. The third-order valence-electron chi connectivity index (χ3n) is 1.08. The fourth-order valence-electron chi connectivity index (χ4n) is 0.640. The van der Waals surface area contributed by atoms with E-state index in [1.807, 2.05) is 0 Å². The van der Waals surface area contributed by atoms with Crippen LogP contribution in [0, 0.1) is 0 Å². The molecule has 0 saturated carbocycles. The maximum atomic E-state index is 10.7. The molecule has 0 aromatic carbocycles. The van der Waals surface area contributed by atoms with Gasteiger partial charge in [0.2, 0.25) is 11.2 Å². The molecule has 1 rings (SSSR count). The molecule has 1 atom stereocenters. The smallest absolute Gasteiger partial charge is 0.450 e. The van der Waals surface area contributed by atoms with E-state index >= 15 is 0 Å². The quantitative estimate of drug-likeness (QED) is 0.443. The Morgan fingerprint density at radius 3 is 2.64 bits per heavy atom. The molecule has 0 radical (unpaired) electrons. The van der Waals surface area contributed by atoms with Crippen LogP contribution < -0.4 is 0 Å². The lowest BCUT2D eigenvalue weighted by atomic mass is 10.3. The Kier molecular flexibility index (Phi) is 2.13. The van der Waals surface area contributed by atoms with E-state index < -0.39 is 23.2 Å². The summed E-state index contributed by atoms with van der Waals surface area (Å²) in [5.41, 5.74) is 0. The summed E-state index contributed by atoms with van der Waals surface area (Å²) in [7, 11) is 0. The molecule has 1 unspecified atom stereocenters. The SMILES string of the molecule is O=C(O)OC1C(=O)CSC1=O. The van der Waals surface area contributed by atoms with Crippen molar-refractivity contribution in [1.82, 2.24) is 0 Å². The van der Waals surface area contributed by atoms with E-state index in [4.69, 9.17) is 5.11 Å². The number of rotatable bonds is 1. The van der Waals surface area contributed by atoms with Crippen LogP contribution in [0.15, 0.2) is 0 Å². The van der Waals surface area contributed by atoms with Crippen molar-refractivity contribution in [2.75, 3.05) is 5.75 Å². The summed E-state index contributed by atoms with van der Waals surface area (Å²) in [6.45, 7) is 0. The van der Waals surface area contributed by atoms with Crippen LogP contribution in [-0.2, 0) is 14.3 Å². The Labute approximate surface area is 65.7 Å². The number of Topliss-reactive ketones (excluding diaryl/α,β-unsaturated/α-hetero) is 1. The molecule has 0 aromatic heterocycles. The summed E-state index contributed by atoms with van der Waals surface area (Å²) in [6, 6.07) is 0. The minimum Gasteiger partial charge on any atom is -0.450 e. The topological polar surface area (TPSA) is 80.7 Å². The first-order valence-corrected chi connectivity index (χ1v) is 3.69. The lowest BCUT2D eigenvalue weighted by Crippen LogP contribution is -2.27. The highest BCUT2D eigenvalue weighted by Gasteiger charge is 2.37. The van der Waals surface area contributed by atoms with Crippen LogP contribution >= 0.6 is 11.8 Å². The molecule has 1 fully saturated rings. The molecule has 60 valence electrons. The zero-order valence-corrected chi connectivity index (χ0v) is 6.09. The van der Waals surface area contributed by atoms with Crippen molar-refractivity contribution in [2.24, 2.45) is 0 Å². The maximum Gasteiger partial charge on any atom is 0.506 e. The predicted octanol–water partition coefficient (Wildman–Crippen LogP) is -0.108. The van der Waals surface area contributed by atoms with Crippen LogP contribution in [0.2, 0.25) is 0 Å². The third kappa shape index (κ3) is 1.70. The van der Waals surface area contributed by atoms with Crippen molar-refractivity contribution < 1.29 is 24.2 Å². The van der Waals surface area contributed by atoms with Gasteiger partial charge in [-0.2, -0.15) is 0 Å². The van der Waals surface area contributed by atoms with Crippen LogP contribution in [-0.4, -0.2) is 34.0 Å². The van der Waals surface area contributed by atoms with Crippen LogP contribution in [0.4, 0.5) is 4.79 Å². The average molecular weight is 176 g/mol. The first kappa shape index (κ1) is 8.06. The molecule has 1 aliphatic heterocycles. The Morgan fingerprint density at radius 2 is 2.27 bits per heavy atom. The second-order valence-corrected chi connectivity index (χ2v) is 2.82. The zero-order valence-electron chi connectivity index (χ0n) is 5.27. The molecule has 0 aliphatic carbocycles. The lowest BCUT2D eigenvalue weighted by molar-refractivity contribution is -0.132. The van der Waals surface area contributed by atoms with Crippen molar-refractivity contribution >= 4 is 28.8 Å². The van der Waals surface area contributed by atoms with E-state index in [1.165, 1.54) is 0 Å². The molecular weight excluding hydrogens is 172 g/mol. The standard InChI is InChI=1S/C5H4O5S/c6-2-1-11-4(7)3(2)10-5(8)9/h3H,1H2,(H,8,9). The molecule has 0 bridgehead atoms. The summed E-state index contributed by atoms with van der Waals surface area (Å²) >= 11 is 0.779. The summed E-state index contributed by atoms with van der Waals surface area (Å²) in [5, 5.41) is 7.54. The molecule has 6 heteroatoms. The molecule has 1 saturated heterocycles.